The summed E-state index contributed by atoms with van der Waals surface area (Å²) in [5.41, 5.74) is 7.58. The van der Waals surface area contributed by atoms with Gasteiger partial charge in [-0.05, 0) is 24.0 Å². The van der Waals surface area contributed by atoms with E-state index in [0.29, 0.717) is 12.8 Å². The molecular weight excluding hydrogens is 358 g/mol. The van der Waals surface area contributed by atoms with Crippen molar-refractivity contribution in [2.24, 2.45) is 5.73 Å². The molecule has 0 fully saturated rings. The summed E-state index contributed by atoms with van der Waals surface area (Å²) >= 11 is 0. The van der Waals surface area contributed by atoms with Crippen molar-refractivity contribution in [3.63, 3.8) is 0 Å². The second-order valence-corrected chi connectivity index (χ2v) is 6.61. The summed E-state index contributed by atoms with van der Waals surface area (Å²) in [5, 5.41) is 26.9. The van der Waals surface area contributed by atoms with E-state index in [1.807, 2.05) is 67.6 Å². The Morgan fingerprint density at radius 1 is 0.964 bits per heavy atom. The normalized spacial score (nSPS) is 13.5. The quantitative estimate of drug-likeness (QED) is 0.525. The first-order valence-corrected chi connectivity index (χ1v) is 9.32. The molecule has 2 aromatic carbocycles. The molecule has 6 heteroatoms. The highest BCUT2D eigenvalue weighted by Crippen LogP contribution is 2.20. The van der Waals surface area contributed by atoms with E-state index in [-0.39, 0.29) is 12.3 Å². The van der Waals surface area contributed by atoms with Crippen LogP contribution in [0.2, 0.25) is 0 Å². The summed E-state index contributed by atoms with van der Waals surface area (Å²) in [6.45, 7) is 2.00. The van der Waals surface area contributed by atoms with Crippen molar-refractivity contribution in [3.05, 3.63) is 71.8 Å². The number of hydrogen-bond donors (Lipinski definition) is 4. The maximum atomic E-state index is 10.9. The molecular formula is C22H29NO5. The molecule has 0 saturated carbocycles. The lowest BCUT2D eigenvalue weighted by atomic mass is 9.95. The van der Waals surface area contributed by atoms with Crippen LogP contribution in [0.3, 0.4) is 0 Å². The minimum Gasteiger partial charge on any atom is -0.481 e. The van der Waals surface area contributed by atoms with Gasteiger partial charge in [-0.3, -0.25) is 9.59 Å². The predicted molar refractivity (Wildman–Crippen MR) is 108 cm³/mol. The van der Waals surface area contributed by atoms with Gasteiger partial charge in [-0.1, -0.05) is 74.0 Å². The number of aliphatic carboxylic acids is 2. The van der Waals surface area contributed by atoms with Crippen molar-refractivity contribution in [2.75, 3.05) is 0 Å². The number of nitrogens with two attached hydrogens (primary N) is 1. The standard InChI is InChI=1S/C11H15NO3.C11H14O2/c12-9(10(13)7-11(14)15)6-8-4-2-1-3-5-8;1-2-6-10(11(12)13)9-7-4-3-5-8-9/h1-5,9-10,13H,6-7,12H2,(H,14,15);3-5,7-8,10H,2,6H2,1H3,(H,12,13). The molecule has 0 aliphatic carbocycles. The van der Waals surface area contributed by atoms with Crippen LogP contribution in [-0.4, -0.2) is 39.4 Å². The maximum absolute atomic E-state index is 10.9. The molecule has 152 valence electrons. The molecule has 3 unspecified atom stereocenters. The lowest BCUT2D eigenvalue weighted by molar-refractivity contribution is -0.140. The highest BCUT2D eigenvalue weighted by atomic mass is 16.4. The summed E-state index contributed by atoms with van der Waals surface area (Å²) in [4.78, 5) is 21.2. The Balaban J connectivity index is 0.000000283. The highest BCUT2D eigenvalue weighted by molar-refractivity contribution is 5.75. The van der Waals surface area contributed by atoms with Crippen LogP contribution in [0.1, 0.15) is 43.2 Å². The van der Waals surface area contributed by atoms with Crippen molar-refractivity contribution in [2.45, 2.75) is 50.7 Å². The van der Waals surface area contributed by atoms with E-state index >= 15 is 0 Å². The molecule has 28 heavy (non-hydrogen) atoms. The van der Waals surface area contributed by atoms with Gasteiger partial charge in [0.1, 0.15) is 0 Å². The number of aliphatic hydroxyl groups excluding tert-OH is 1. The molecule has 0 bridgehead atoms. The summed E-state index contributed by atoms with van der Waals surface area (Å²) in [5.74, 6) is -2.11. The van der Waals surface area contributed by atoms with E-state index in [2.05, 4.69) is 0 Å². The van der Waals surface area contributed by atoms with Gasteiger partial charge in [-0.2, -0.15) is 0 Å². The molecule has 0 heterocycles. The van der Waals surface area contributed by atoms with Crippen LogP contribution < -0.4 is 5.73 Å². The Hall–Kier alpha value is -2.70. The third kappa shape index (κ3) is 8.79. The van der Waals surface area contributed by atoms with Crippen LogP contribution in [-0.2, 0) is 16.0 Å². The fourth-order valence-corrected chi connectivity index (χ4v) is 2.76. The van der Waals surface area contributed by atoms with E-state index in [1.165, 1.54) is 0 Å². The lowest BCUT2D eigenvalue weighted by Gasteiger charge is -2.16. The fourth-order valence-electron chi connectivity index (χ4n) is 2.76. The predicted octanol–water partition coefficient (Wildman–Crippen LogP) is 3.05. The van der Waals surface area contributed by atoms with Gasteiger partial charge in [-0.25, -0.2) is 0 Å². The topological polar surface area (TPSA) is 121 Å². The summed E-state index contributed by atoms with van der Waals surface area (Å²) < 4.78 is 0. The zero-order valence-electron chi connectivity index (χ0n) is 16.1. The van der Waals surface area contributed by atoms with Crippen molar-refractivity contribution < 1.29 is 24.9 Å². The Labute approximate surface area is 165 Å². The fraction of sp³-hybridized carbons (Fsp3) is 0.364. The van der Waals surface area contributed by atoms with Gasteiger partial charge < -0.3 is 21.1 Å². The van der Waals surface area contributed by atoms with Crippen LogP contribution in [0, 0.1) is 0 Å². The molecule has 3 atom stereocenters. The SMILES string of the molecule is CCCC(C(=O)O)c1ccccc1.NC(Cc1ccccc1)C(O)CC(=O)O. The van der Waals surface area contributed by atoms with Gasteiger partial charge in [0.15, 0.2) is 0 Å². The lowest BCUT2D eigenvalue weighted by Crippen LogP contribution is -2.38. The Morgan fingerprint density at radius 2 is 1.50 bits per heavy atom. The van der Waals surface area contributed by atoms with E-state index < -0.39 is 24.1 Å². The van der Waals surface area contributed by atoms with E-state index in [9.17, 15) is 14.7 Å². The van der Waals surface area contributed by atoms with Crippen LogP contribution in [0.5, 0.6) is 0 Å². The Bertz CT molecular complexity index is 705. The number of aliphatic hydroxyl groups is 1. The molecule has 5 N–H and O–H groups in total. The average Bonchev–Trinajstić information content (AvgIpc) is 2.67. The summed E-state index contributed by atoms with van der Waals surface area (Å²) in [6.07, 6.45) is 0.775. The maximum Gasteiger partial charge on any atom is 0.310 e. The molecule has 0 spiro atoms. The first-order valence-electron chi connectivity index (χ1n) is 9.32. The van der Waals surface area contributed by atoms with E-state index in [1.54, 1.807) is 0 Å². The third-order valence-corrected chi connectivity index (χ3v) is 4.27. The summed E-state index contributed by atoms with van der Waals surface area (Å²) in [7, 11) is 0. The number of hydrogen-bond acceptors (Lipinski definition) is 4. The monoisotopic (exact) mass is 387 g/mol. The van der Waals surface area contributed by atoms with Gasteiger partial charge in [0.25, 0.3) is 0 Å². The van der Waals surface area contributed by atoms with Crippen LogP contribution >= 0.6 is 0 Å². The second-order valence-electron chi connectivity index (χ2n) is 6.61. The van der Waals surface area contributed by atoms with Crippen LogP contribution in [0.4, 0.5) is 0 Å². The molecule has 0 aromatic heterocycles. The Kier molecular flexibility index (Phi) is 10.5. The zero-order valence-corrected chi connectivity index (χ0v) is 16.1. The van der Waals surface area contributed by atoms with Gasteiger partial charge in [-0.15, -0.1) is 0 Å². The zero-order chi connectivity index (χ0) is 20.9. The van der Waals surface area contributed by atoms with Crippen LogP contribution in [0.25, 0.3) is 0 Å². The number of carbonyl (C=O) groups is 2. The smallest absolute Gasteiger partial charge is 0.310 e. The molecule has 0 saturated heterocycles. The van der Waals surface area contributed by atoms with Crippen molar-refractivity contribution >= 4 is 11.9 Å². The van der Waals surface area contributed by atoms with Crippen molar-refractivity contribution in [3.8, 4) is 0 Å². The minimum absolute atomic E-state index is 0.312. The second kappa shape index (κ2) is 12.6. The molecule has 2 aromatic rings. The number of carboxylic acids is 2. The minimum atomic E-state index is -1.04. The number of benzene rings is 2. The van der Waals surface area contributed by atoms with Gasteiger partial charge in [0, 0.05) is 6.04 Å². The molecule has 2 rings (SSSR count). The number of carboxylic acid groups (broad SMARTS) is 2. The largest absolute Gasteiger partial charge is 0.481 e. The van der Waals surface area contributed by atoms with Crippen molar-refractivity contribution in [1.29, 1.82) is 0 Å². The molecule has 0 radical (unpaired) electrons. The summed E-state index contributed by atoms with van der Waals surface area (Å²) in [6, 6.07) is 18.3. The van der Waals surface area contributed by atoms with Crippen molar-refractivity contribution in [1.82, 2.24) is 0 Å². The number of rotatable bonds is 9. The molecule has 0 amide bonds. The molecule has 0 aliphatic heterocycles. The average molecular weight is 387 g/mol. The third-order valence-electron chi connectivity index (χ3n) is 4.27. The first-order chi connectivity index (χ1) is 13.3. The Morgan fingerprint density at radius 3 is 1.96 bits per heavy atom. The van der Waals surface area contributed by atoms with Gasteiger partial charge >= 0.3 is 11.9 Å². The first kappa shape index (κ1) is 23.3. The van der Waals surface area contributed by atoms with Gasteiger partial charge in [0.05, 0.1) is 18.4 Å². The van der Waals surface area contributed by atoms with E-state index in [0.717, 1.165) is 17.5 Å². The van der Waals surface area contributed by atoms with Gasteiger partial charge in [0.2, 0.25) is 0 Å². The van der Waals surface area contributed by atoms with Crippen LogP contribution in [0.15, 0.2) is 60.7 Å². The highest BCUT2D eigenvalue weighted by Gasteiger charge is 2.18. The molecule has 6 nitrogen and oxygen atoms in total. The van der Waals surface area contributed by atoms with E-state index in [4.69, 9.17) is 15.9 Å². The molecule has 0 aliphatic rings.